The molecule has 1 fully saturated rings. The van der Waals surface area contributed by atoms with Crippen LogP contribution in [-0.4, -0.2) is 47.1 Å². The maximum atomic E-state index is 11.6. The Bertz CT molecular complexity index is 435. The molecule has 0 bridgehead atoms. The smallest absolute Gasteiger partial charge is 0.293 e. The van der Waals surface area contributed by atoms with E-state index in [1.807, 2.05) is 6.92 Å². The zero-order valence-corrected chi connectivity index (χ0v) is 10.2. The molecule has 2 N–H and O–H groups in total. The third kappa shape index (κ3) is 2.77. The van der Waals surface area contributed by atoms with Gasteiger partial charge in [-0.15, -0.1) is 0 Å². The van der Waals surface area contributed by atoms with E-state index in [-0.39, 0.29) is 12.3 Å². The van der Waals surface area contributed by atoms with Gasteiger partial charge in [0.1, 0.15) is 0 Å². The van der Waals surface area contributed by atoms with Crippen molar-refractivity contribution in [1.82, 2.24) is 10.2 Å². The molecule has 0 aliphatic carbocycles. The van der Waals surface area contributed by atoms with Crippen LogP contribution >= 0.6 is 0 Å². The fraction of sp³-hybridized carbons (Fsp3) is 0.500. The first-order valence-corrected chi connectivity index (χ1v) is 5.85. The van der Waals surface area contributed by atoms with Gasteiger partial charge in [0, 0.05) is 13.1 Å². The molecule has 0 saturated carbocycles. The van der Waals surface area contributed by atoms with Crippen LogP contribution in [0, 0.1) is 0 Å². The third-order valence-electron chi connectivity index (χ3n) is 3.06. The van der Waals surface area contributed by atoms with Crippen molar-refractivity contribution < 1.29 is 19.1 Å². The number of β-amino-alcohol motifs (C(OH)–C–C–N with tert-alkyl or cyclic N) is 1. The summed E-state index contributed by atoms with van der Waals surface area (Å²) in [7, 11) is 0. The number of furan rings is 1. The largest absolute Gasteiger partial charge is 0.459 e. The van der Waals surface area contributed by atoms with Gasteiger partial charge in [0.15, 0.2) is 5.76 Å². The zero-order chi connectivity index (χ0) is 13.2. The van der Waals surface area contributed by atoms with E-state index in [0.29, 0.717) is 19.5 Å². The van der Waals surface area contributed by atoms with E-state index in [0.717, 1.165) is 0 Å². The highest BCUT2D eigenvalue weighted by Gasteiger charge is 2.40. The van der Waals surface area contributed by atoms with E-state index in [9.17, 15) is 14.7 Å². The number of hydrogen-bond acceptors (Lipinski definition) is 5. The van der Waals surface area contributed by atoms with E-state index in [2.05, 4.69) is 5.32 Å². The number of likely N-dealkylation sites (tertiary alicyclic amines) is 1. The highest BCUT2D eigenvalue weighted by Crippen LogP contribution is 2.23. The summed E-state index contributed by atoms with van der Waals surface area (Å²) in [5.74, 6) is -0.831. The van der Waals surface area contributed by atoms with Crippen molar-refractivity contribution in [3.63, 3.8) is 0 Å². The van der Waals surface area contributed by atoms with Crippen LogP contribution in [0.4, 0.5) is 0 Å². The van der Waals surface area contributed by atoms with Crippen molar-refractivity contribution >= 4 is 11.8 Å². The van der Waals surface area contributed by atoms with Gasteiger partial charge in [-0.2, -0.15) is 0 Å². The van der Waals surface area contributed by atoms with Gasteiger partial charge in [-0.05, 0) is 18.6 Å². The monoisotopic (exact) mass is 252 g/mol. The Hall–Kier alpha value is -1.66. The van der Waals surface area contributed by atoms with E-state index in [1.54, 1.807) is 11.0 Å². The first-order chi connectivity index (χ1) is 8.52. The summed E-state index contributed by atoms with van der Waals surface area (Å²) in [5, 5.41) is 12.0. The number of nitrogens with one attached hydrogen (secondary N) is 1. The van der Waals surface area contributed by atoms with Gasteiger partial charge in [-0.1, -0.05) is 6.92 Å². The van der Waals surface area contributed by atoms with Crippen LogP contribution in [0.5, 0.6) is 0 Å². The second-order valence-electron chi connectivity index (χ2n) is 4.58. The van der Waals surface area contributed by atoms with Crippen LogP contribution in [0.1, 0.15) is 23.9 Å². The van der Waals surface area contributed by atoms with Crippen molar-refractivity contribution in [2.24, 2.45) is 0 Å². The normalized spacial score (nSPS) is 18.1. The summed E-state index contributed by atoms with van der Waals surface area (Å²) < 4.78 is 4.87. The molecular weight excluding hydrogens is 236 g/mol. The molecule has 1 aromatic heterocycles. The minimum atomic E-state index is -0.675. The molecule has 2 rings (SSSR count). The second-order valence-corrected chi connectivity index (χ2v) is 4.58. The molecule has 98 valence electrons. The molecule has 1 aliphatic rings. The molecule has 1 aromatic rings. The molecular formula is C12H16N2O4. The van der Waals surface area contributed by atoms with Gasteiger partial charge < -0.3 is 9.52 Å². The lowest BCUT2D eigenvalue weighted by molar-refractivity contribution is -0.132. The molecule has 0 atom stereocenters. The summed E-state index contributed by atoms with van der Waals surface area (Å²) in [4.78, 5) is 24.8. The lowest BCUT2D eigenvalue weighted by Gasteiger charge is -2.45. The fourth-order valence-corrected chi connectivity index (χ4v) is 1.96. The Kier molecular flexibility index (Phi) is 3.49. The van der Waals surface area contributed by atoms with Crippen LogP contribution in [0.25, 0.3) is 0 Å². The summed E-state index contributed by atoms with van der Waals surface area (Å²) in [6, 6.07) is 3.07. The number of imide groups is 1. The quantitative estimate of drug-likeness (QED) is 0.787. The molecule has 0 aromatic carbocycles. The summed E-state index contributed by atoms with van der Waals surface area (Å²) in [5.41, 5.74) is -0.675. The van der Waals surface area contributed by atoms with Crippen LogP contribution < -0.4 is 5.32 Å². The van der Waals surface area contributed by atoms with Gasteiger partial charge in [-0.3, -0.25) is 19.8 Å². The molecule has 2 heterocycles. The van der Waals surface area contributed by atoms with Crippen molar-refractivity contribution in [2.75, 3.05) is 19.6 Å². The number of carbonyl (C=O) groups excluding carboxylic acids is 2. The highest BCUT2D eigenvalue weighted by atomic mass is 16.3. The Morgan fingerprint density at radius 3 is 2.83 bits per heavy atom. The topological polar surface area (TPSA) is 82.8 Å². The molecule has 0 spiro atoms. The Morgan fingerprint density at radius 1 is 1.56 bits per heavy atom. The predicted molar refractivity (Wildman–Crippen MR) is 62.9 cm³/mol. The molecule has 1 saturated heterocycles. The Morgan fingerprint density at radius 2 is 2.28 bits per heavy atom. The average Bonchev–Trinajstić information content (AvgIpc) is 2.79. The minimum Gasteiger partial charge on any atom is -0.459 e. The summed E-state index contributed by atoms with van der Waals surface area (Å²) >= 11 is 0. The van der Waals surface area contributed by atoms with Crippen molar-refractivity contribution in [3.8, 4) is 0 Å². The standard InChI is InChI=1S/C12H16N2O4/c1-2-12(17)7-14(8-12)6-10(15)13-11(16)9-4-3-5-18-9/h3-5,17H,2,6-8H2,1H3,(H,13,15,16). The van der Waals surface area contributed by atoms with Crippen molar-refractivity contribution in [1.29, 1.82) is 0 Å². The third-order valence-corrected chi connectivity index (χ3v) is 3.06. The van der Waals surface area contributed by atoms with Gasteiger partial charge in [0.25, 0.3) is 5.91 Å². The van der Waals surface area contributed by atoms with E-state index in [4.69, 9.17) is 4.42 Å². The number of aliphatic hydroxyl groups is 1. The summed E-state index contributed by atoms with van der Waals surface area (Å²) in [6.45, 7) is 2.93. The lowest BCUT2D eigenvalue weighted by atomic mass is 9.91. The number of nitrogens with zero attached hydrogens (tertiary/aromatic N) is 1. The molecule has 1 aliphatic heterocycles. The van der Waals surface area contributed by atoms with E-state index < -0.39 is 17.4 Å². The predicted octanol–water partition coefficient (Wildman–Crippen LogP) is -0.00730. The average molecular weight is 252 g/mol. The SMILES string of the molecule is CCC1(O)CN(CC(=O)NC(=O)c2ccco2)C1. The summed E-state index contributed by atoms with van der Waals surface area (Å²) in [6.07, 6.45) is 2.03. The fourth-order valence-electron chi connectivity index (χ4n) is 1.96. The Balaban J connectivity index is 1.75. The maximum Gasteiger partial charge on any atom is 0.293 e. The zero-order valence-electron chi connectivity index (χ0n) is 10.2. The van der Waals surface area contributed by atoms with Gasteiger partial charge >= 0.3 is 0 Å². The number of hydrogen-bond donors (Lipinski definition) is 2. The van der Waals surface area contributed by atoms with E-state index >= 15 is 0 Å². The number of rotatable bonds is 4. The molecule has 6 nitrogen and oxygen atoms in total. The van der Waals surface area contributed by atoms with Crippen molar-refractivity contribution in [2.45, 2.75) is 18.9 Å². The molecule has 6 heteroatoms. The molecule has 18 heavy (non-hydrogen) atoms. The van der Waals surface area contributed by atoms with Gasteiger partial charge in [0.2, 0.25) is 5.91 Å². The van der Waals surface area contributed by atoms with E-state index in [1.165, 1.54) is 12.3 Å². The molecule has 0 unspecified atom stereocenters. The highest BCUT2D eigenvalue weighted by molar-refractivity contribution is 6.03. The second kappa shape index (κ2) is 4.91. The maximum absolute atomic E-state index is 11.6. The lowest BCUT2D eigenvalue weighted by Crippen LogP contribution is -2.63. The van der Waals surface area contributed by atoms with Crippen LogP contribution in [-0.2, 0) is 4.79 Å². The minimum absolute atomic E-state index is 0.106. The molecule has 2 amide bonds. The van der Waals surface area contributed by atoms with Crippen LogP contribution in [0.15, 0.2) is 22.8 Å². The van der Waals surface area contributed by atoms with Crippen LogP contribution in [0.2, 0.25) is 0 Å². The first-order valence-electron chi connectivity index (χ1n) is 5.85. The first kappa shape index (κ1) is 12.8. The number of amides is 2. The van der Waals surface area contributed by atoms with Gasteiger partial charge in [-0.25, -0.2) is 0 Å². The Labute approximate surface area is 105 Å². The molecule has 0 radical (unpaired) electrons. The van der Waals surface area contributed by atoms with Crippen LogP contribution in [0.3, 0.4) is 0 Å². The van der Waals surface area contributed by atoms with Crippen molar-refractivity contribution in [3.05, 3.63) is 24.2 Å². The number of carbonyl (C=O) groups is 2. The van der Waals surface area contributed by atoms with Gasteiger partial charge in [0.05, 0.1) is 18.4 Å².